The molecule has 3 rings (SSSR count). The van der Waals surface area contributed by atoms with Gasteiger partial charge < -0.3 is 11.5 Å². The summed E-state index contributed by atoms with van der Waals surface area (Å²) in [6, 6.07) is 11.5. The van der Waals surface area contributed by atoms with Crippen LogP contribution in [0.2, 0.25) is 5.02 Å². The highest BCUT2D eigenvalue weighted by atomic mass is 35.5. The first-order valence-corrected chi connectivity index (χ1v) is 8.07. The molecule has 1 amide bonds. The van der Waals surface area contributed by atoms with Crippen LogP contribution in [0.1, 0.15) is 39.0 Å². The van der Waals surface area contributed by atoms with Crippen LogP contribution in [0, 0.1) is 6.92 Å². The summed E-state index contributed by atoms with van der Waals surface area (Å²) in [6.45, 7) is 2.00. The molecule has 122 valence electrons. The fourth-order valence-electron chi connectivity index (χ4n) is 2.94. The summed E-state index contributed by atoms with van der Waals surface area (Å²) in [4.78, 5) is 15.7. The van der Waals surface area contributed by atoms with Crippen molar-refractivity contribution >= 4 is 29.0 Å². The Kier molecular flexibility index (Phi) is 4.40. The second-order valence-corrected chi connectivity index (χ2v) is 6.26. The number of amides is 1. The lowest BCUT2D eigenvalue weighted by Crippen LogP contribution is -2.24. The van der Waals surface area contributed by atoms with Gasteiger partial charge in [-0.1, -0.05) is 35.9 Å². The van der Waals surface area contributed by atoms with Crippen molar-refractivity contribution in [2.24, 2.45) is 16.5 Å². The second-order valence-electron chi connectivity index (χ2n) is 5.85. The molecule has 0 spiro atoms. The first-order valence-electron chi connectivity index (χ1n) is 7.69. The molecule has 0 heterocycles. The van der Waals surface area contributed by atoms with Crippen LogP contribution >= 0.6 is 11.6 Å². The molecule has 0 bridgehead atoms. The number of allylic oxidation sites excluding steroid dienone is 1. The highest BCUT2D eigenvalue weighted by Crippen LogP contribution is 2.36. The predicted octanol–water partition coefficient (Wildman–Crippen LogP) is 3.44. The Bertz CT molecular complexity index is 880. The first-order chi connectivity index (χ1) is 11.5. The highest BCUT2D eigenvalue weighted by molar-refractivity contribution is 6.32. The minimum atomic E-state index is -0.447. The molecule has 0 radical (unpaired) electrons. The van der Waals surface area contributed by atoms with Gasteiger partial charge in [0.2, 0.25) is 0 Å². The molecule has 2 aromatic carbocycles. The Morgan fingerprint density at radius 2 is 1.92 bits per heavy atom. The number of aliphatic imine (C=N–C) groups is 1. The van der Waals surface area contributed by atoms with Gasteiger partial charge in [0.1, 0.15) is 0 Å². The smallest absolute Gasteiger partial charge is 0.280 e. The van der Waals surface area contributed by atoms with E-state index in [1.54, 1.807) is 6.07 Å². The number of nitrogens with two attached hydrogens (primary N) is 2. The Morgan fingerprint density at radius 1 is 1.12 bits per heavy atom. The number of guanidine groups is 1. The number of fused-ring (bicyclic) bond motifs is 1. The molecule has 4 nitrogen and oxygen atoms in total. The molecule has 2 aromatic rings. The number of benzene rings is 2. The Hall–Kier alpha value is -2.59. The molecule has 0 aliphatic heterocycles. The van der Waals surface area contributed by atoms with Gasteiger partial charge in [-0.15, -0.1) is 0 Å². The number of aryl methyl sites for hydroxylation is 2. The monoisotopic (exact) mass is 339 g/mol. The summed E-state index contributed by atoms with van der Waals surface area (Å²) in [5, 5.41) is 0.704. The molecule has 0 atom stereocenters. The Balaban J connectivity index is 2.09. The molecule has 0 saturated carbocycles. The molecular weight excluding hydrogens is 322 g/mol. The summed E-state index contributed by atoms with van der Waals surface area (Å²) >= 11 is 6.44. The van der Waals surface area contributed by atoms with Crippen LogP contribution in [0.25, 0.3) is 5.57 Å². The topological polar surface area (TPSA) is 81.5 Å². The zero-order valence-corrected chi connectivity index (χ0v) is 14.1. The van der Waals surface area contributed by atoms with Gasteiger partial charge in [-0.3, -0.25) is 4.79 Å². The minimum absolute atomic E-state index is 0.241. The van der Waals surface area contributed by atoms with Crippen molar-refractivity contribution in [2.45, 2.75) is 19.8 Å². The molecule has 24 heavy (non-hydrogen) atoms. The molecule has 4 N–H and O–H groups in total. The van der Waals surface area contributed by atoms with Gasteiger partial charge in [-0.2, -0.15) is 4.99 Å². The normalized spacial score (nSPS) is 13.0. The van der Waals surface area contributed by atoms with Crippen LogP contribution in [0.4, 0.5) is 0 Å². The van der Waals surface area contributed by atoms with E-state index in [4.69, 9.17) is 23.1 Å². The van der Waals surface area contributed by atoms with E-state index < -0.39 is 5.91 Å². The van der Waals surface area contributed by atoms with Crippen LogP contribution < -0.4 is 11.5 Å². The number of carbonyl (C=O) groups excluding carboxylic acids is 1. The summed E-state index contributed by atoms with van der Waals surface area (Å²) in [7, 11) is 0. The third-order valence-electron chi connectivity index (χ3n) is 4.05. The largest absolute Gasteiger partial charge is 0.370 e. The van der Waals surface area contributed by atoms with Crippen molar-refractivity contribution in [3.8, 4) is 0 Å². The molecule has 0 fully saturated rings. The third kappa shape index (κ3) is 3.19. The molecule has 1 aliphatic rings. The maximum atomic E-state index is 12.1. The van der Waals surface area contributed by atoms with Gasteiger partial charge in [0.15, 0.2) is 5.96 Å². The molecule has 0 saturated heterocycles. The maximum absolute atomic E-state index is 12.1. The van der Waals surface area contributed by atoms with E-state index in [1.807, 2.05) is 37.3 Å². The Morgan fingerprint density at radius 3 is 2.62 bits per heavy atom. The average molecular weight is 340 g/mol. The van der Waals surface area contributed by atoms with Crippen molar-refractivity contribution in [3.63, 3.8) is 0 Å². The zero-order chi connectivity index (χ0) is 17.3. The number of carbonyl (C=O) groups is 1. The standard InChI is InChI=1S/C19H18ClN3O/c1-11-5-8-15(17(20)9-11)14-4-2-3-12-6-7-13(10-16(12)14)18(24)23-19(21)22/h4-10H,2-3H2,1H3,(H4,21,22,23,24). The van der Waals surface area contributed by atoms with E-state index >= 15 is 0 Å². The van der Waals surface area contributed by atoms with Gasteiger partial charge >= 0.3 is 0 Å². The summed E-state index contributed by atoms with van der Waals surface area (Å²) < 4.78 is 0. The fraction of sp³-hybridized carbons (Fsp3) is 0.158. The SMILES string of the molecule is Cc1ccc(C2=CCCc3ccc(C(=O)N=C(N)N)cc32)c(Cl)c1. The number of hydrogen-bond donors (Lipinski definition) is 2. The van der Waals surface area contributed by atoms with Crippen molar-refractivity contribution in [2.75, 3.05) is 0 Å². The molecule has 0 aromatic heterocycles. The van der Waals surface area contributed by atoms with Gasteiger partial charge in [0.05, 0.1) is 0 Å². The van der Waals surface area contributed by atoms with Crippen molar-refractivity contribution in [3.05, 3.63) is 75.3 Å². The molecule has 1 aliphatic carbocycles. The van der Waals surface area contributed by atoms with Gasteiger partial charge in [0.25, 0.3) is 5.91 Å². The highest BCUT2D eigenvalue weighted by Gasteiger charge is 2.18. The van der Waals surface area contributed by atoms with Crippen LogP contribution in [-0.2, 0) is 6.42 Å². The number of hydrogen-bond acceptors (Lipinski definition) is 1. The summed E-state index contributed by atoms with van der Waals surface area (Å²) in [6.07, 6.45) is 4.03. The summed E-state index contributed by atoms with van der Waals surface area (Å²) in [5.41, 5.74) is 16.4. The zero-order valence-electron chi connectivity index (χ0n) is 13.3. The lowest BCUT2D eigenvalue weighted by Gasteiger charge is -2.20. The molecular formula is C19H18ClN3O. The summed E-state index contributed by atoms with van der Waals surface area (Å²) in [5.74, 6) is -0.687. The molecule has 5 heteroatoms. The second kappa shape index (κ2) is 6.49. The van der Waals surface area contributed by atoms with E-state index in [2.05, 4.69) is 11.1 Å². The molecule has 0 unspecified atom stereocenters. The Labute approximate surface area is 145 Å². The van der Waals surface area contributed by atoms with Crippen LogP contribution in [0.15, 0.2) is 47.5 Å². The average Bonchev–Trinajstić information content (AvgIpc) is 2.53. The van der Waals surface area contributed by atoms with Crippen molar-refractivity contribution < 1.29 is 4.79 Å². The first kappa shape index (κ1) is 16.3. The van der Waals surface area contributed by atoms with E-state index in [9.17, 15) is 4.79 Å². The number of halogens is 1. The van der Waals surface area contributed by atoms with Crippen molar-refractivity contribution in [1.82, 2.24) is 0 Å². The van der Waals surface area contributed by atoms with E-state index in [0.717, 1.165) is 35.1 Å². The number of rotatable bonds is 2. The van der Waals surface area contributed by atoms with Crippen LogP contribution in [0.3, 0.4) is 0 Å². The third-order valence-corrected chi connectivity index (χ3v) is 4.37. The number of nitrogens with zero attached hydrogens (tertiary/aromatic N) is 1. The fourth-order valence-corrected chi connectivity index (χ4v) is 3.27. The quantitative estimate of drug-likeness (QED) is 0.649. The van der Waals surface area contributed by atoms with E-state index in [1.165, 1.54) is 5.56 Å². The van der Waals surface area contributed by atoms with Gasteiger partial charge in [0, 0.05) is 16.1 Å². The van der Waals surface area contributed by atoms with E-state index in [0.29, 0.717) is 10.6 Å². The predicted molar refractivity (Wildman–Crippen MR) is 98.2 cm³/mol. The lowest BCUT2D eigenvalue weighted by molar-refractivity contribution is 0.100. The van der Waals surface area contributed by atoms with Gasteiger partial charge in [-0.25, -0.2) is 0 Å². The van der Waals surface area contributed by atoms with Crippen molar-refractivity contribution in [1.29, 1.82) is 0 Å². The minimum Gasteiger partial charge on any atom is -0.370 e. The van der Waals surface area contributed by atoms with Crippen LogP contribution in [0.5, 0.6) is 0 Å². The maximum Gasteiger partial charge on any atom is 0.280 e. The van der Waals surface area contributed by atoms with Crippen LogP contribution in [-0.4, -0.2) is 11.9 Å². The van der Waals surface area contributed by atoms with E-state index in [-0.39, 0.29) is 5.96 Å². The lowest BCUT2D eigenvalue weighted by atomic mass is 9.85. The van der Waals surface area contributed by atoms with Gasteiger partial charge in [-0.05, 0) is 60.2 Å².